The second-order valence-electron chi connectivity index (χ2n) is 5.34. The third kappa shape index (κ3) is 2.15. The number of methoxy groups -OCH3 is 1. The van der Waals surface area contributed by atoms with E-state index in [-0.39, 0.29) is 0 Å². The molecule has 0 heterocycles. The Hall–Kier alpha value is -1.69. The lowest BCUT2D eigenvalue weighted by molar-refractivity contribution is 0.415. The molecule has 0 aromatic heterocycles. The lowest BCUT2D eigenvalue weighted by Gasteiger charge is -2.21. The molecule has 18 heavy (non-hydrogen) atoms. The largest absolute Gasteiger partial charge is 0.495 e. The minimum atomic E-state index is 0.536. The van der Waals surface area contributed by atoms with Gasteiger partial charge in [-0.1, -0.05) is 6.07 Å². The first-order valence-corrected chi connectivity index (χ1v) is 6.67. The fourth-order valence-electron chi connectivity index (χ4n) is 2.64. The molecule has 0 unspecified atom stereocenters. The molecule has 0 amide bonds. The molecular weight excluding hydrogens is 224 g/mol. The third-order valence-electron chi connectivity index (χ3n) is 3.94. The fraction of sp³-hybridized carbons (Fsp3) is 0.533. The second kappa shape index (κ2) is 4.53. The standard InChI is InChI=1S/C15H18N2O/c1-18-13-4-2-3-12(9-16)15(13)17-14(10-5-6-10)11-7-8-11/h2-4,10-11,14,17H,5-8H2,1H3. The van der Waals surface area contributed by atoms with Gasteiger partial charge in [0.25, 0.3) is 0 Å². The molecule has 3 nitrogen and oxygen atoms in total. The number of benzene rings is 1. The van der Waals surface area contributed by atoms with Gasteiger partial charge in [0.2, 0.25) is 0 Å². The van der Waals surface area contributed by atoms with Crippen LogP contribution in [0.15, 0.2) is 18.2 Å². The van der Waals surface area contributed by atoms with E-state index in [2.05, 4.69) is 11.4 Å². The van der Waals surface area contributed by atoms with Crippen molar-refractivity contribution in [2.75, 3.05) is 12.4 Å². The molecule has 94 valence electrons. The van der Waals surface area contributed by atoms with Gasteiger partial charge in [0, 0.05) is 6.04 Å². The molecule has 1 N–H and O–H groups in total. The summed E-state index contributed by atoms with van der Waals surface area (Å²) in [6.07, 6.45) is 5.30. The molecular formula is C15H18N2O. The van der Waals surface area contributed by atoms with Crippen LogP contribution in [-0.2, 0) is 0 Å². The number of para-hydroxylation sites is 1. The molecule has 2 saturated carbocycles. The first-order valence-electron chi connectivity index (χ1n) is 6.67. The van der Waals surface area contributed by atoms with Crippen LogP contribution < -0.4 is 10.1 Å². The molecule has 1 aromatic rings. The molecule has 2 fully saturated rings. The molecule has 2 aliphatic carbocycles. The maximum absolute atomic E-state index is 9.21. The van der Waals surface area contributed by atoms with Crippen LogP contribution in [0.1, 0.15) is 31.2 Å². The third-order valence-corrected chi connectivity index (χ3v) is 3.94. The summed E-state index contributed by atoms with van der Waals surface area (Å²) in [6.45, 7) is 0. The van der Waals surface area contributed by atoms with Gasteiger partial charge in [-0.25, -0.2) is 0 Å². The van der Waals surface area contributed by atoms with Crippen molar-refractivity contribution in [1.29, 1.82) is 5.26 Å². The molecule has 3 rings (SSSR count). The quantitative estimate of drug-likeness (QED) is 0.862. The Morgan fingerprint density at radius 1 is 1.28 bits per heavy atom. The van der Waals surface area contributed by atoms with Crippen molar-refractivity contribution in [3.8, 4) is 11.8 Å². The number of nitriles is 1. The predicted molar refractivity (Wildman–Crippen MR) is 70.6 cm³/mol. The Balaban J connectivity index is 1.87. The summed E-state index contributed by atoms with van der Waals surface area (Å²) in [7, 11) is 1.66. The van der Waals surface area contributed by atoms with Crippen molar-refractivity contribution in [2.24, 2.45) is 11.8 Å². The summed E-state index contributed by atoms with van der Waals surface area (Å²) in [5, 5.41) is 12.8. The minimum Gasteiger partial charge on any atom is -0.495 e. The topological polar surface area (TPSA) is 45.0 Å². The Labute approximate surface area is 108 Å². The molecule has 0 saturated heterocycles. The van der Waals surface area contributed by atoms with Crippen LogP contribution in [0.4, 0.5) is 5.69 Å². The summed E-state index contributed by atoms with van der Waals surface area (Å²) < 4.78 is 5.38. The maximum atomic E-state index is 9.21. The van der Waals surface area contributed by atoms with Crippen molar-refractivity contribution in [1.82, 2.24) is 0 Å². The Bertz CT molecular complexity index is 472. The highest BCUT2D eigenvalue weighted by Gasteiger charge is 2.41. The summed E-state index contributed by atoms with van der Waals surface area (Å²) in [4.78, 5) is 0. The van der Waals surface area contributed by atoms with Gasteiger partial charge < -0.3 is 10.1 Å². The van der Waals surface area contributed by atoms with E-state index < -0.39 is 0 Å². The number of ether oxygens (including phenoxy) is 1. The van der Waals surface area contributed by atoms with Gasteiger partial charge in [0.1, 0.15) is 11.8 Å². The van der Waals surface area contributed by atoms with E-state index in [1.54, 1.807) is 7.11 Å². The van der Waals surface area contributed by atoms with E-state index in [1.165, 1.54) is 25.7 Å². The normalized spacial score (nSPS) is 18.5. The lowest BCUT2D eigenvalue weighted by Crippen LogP contribution is -2.25. The SMILES string of the molecule is COc1cccc(C#N)c1NC(C1CC1)C1CC1. The van der Waals surface area contributed by atoms with Crippen LogP contribution in [0, 0.1) is 23.2 Å². The highest BCUT2D eigenvalue weighted by atomic mass is 16.5. The first-order chi connectivity index (χ1) is 8.83. The summed E-state index contributed by atoms with van der Waals surface area (Å²) in [5.41, 5.74) is 1.56. The smallest absolute Gasteiger partial charge is 0.143 e. The monoisotopic (exact) mass is 242 g/mol. The zero-order valence-corrected chi connectivity index (χ0v) is 10.6. The Morgan fingerprint density at radius 2 is 1.94 bits per heavy atom. The number of nitrogens with one attached hydrogen (secondary N) is 1. The lowest BCUT2D eigenvalue weighted by atomic mass is 10.1. The van der Waals surface area contributed by atoms with E-state index in [9.17, 15) is 5.26 Å². The number of hydrogen-bond acceptors (Lipinski definition) is 3. The van der Waals surface area contributed by atoms with E-state index in [0.717, 1.165) is 23.3 Å². The predicted octanol–water partition coefficient (Wildman–Crippen LogP) is 3.17. The van der Waals surface area contributed by atoms with Crippen LogP contribution in [0.3, 0.4) is 0 Å². The van der Waals surface area contributed by atoms with Crippen LogP contribution >= 0.6 is 0 Å². The van der Waals surface area contributed by atoms with Crippen molar-refractivity contribution in [3.05, 3.63) is 23.8 Å². The van der Waals surface area contributed by atoms with Gasteiger partial charge in [-0.05, 0) is 49.7 Å². The average Bonchev–Trinajstić information content (AvgIpc) is 3.28. The van der Waals surface area contributed by atoms with E-state index >= 15 is 0 Å². The van der Waals surface area contributed by atoms with E-state index in [4.69, 9.17) is 4.74 Å². The van der Waals surface area contributed by atoms with Gasteiger partial charge in [0.05, 0.1) is 18.4 Å². The van der Waals surface area contributed by atoms with Crippen molar-refractivity contribution >= 4 is 5.69 Å². The number of anilines is 1. The van der Waals surface area contributed by atoms with Crippen molar-refractivity contribution in [3.63, 3.8) is 0 Å². The van der Waals surface area contributed by atoms with Crippen LogP contribution in [0.5, 0.6) is 5.75 Å². The van der Waals surface area contributed by atoms with Crippen LogP contribution in [-0.4, -0.2) is 13.2 Å². The molecule has 3 heteroatoms. The zero-order chi connectivity index (χ0) is 12.5. The minimum absolute atomic E-state index is 0.536. The summed E-state index contributed by atoms with van der Waals surface area (Å²) >= 11 is 0. The molecule has 0 radical (unpaired) electrons. The number of nitrogens with zero attached hydrogens (tertiary/aromatic N) is 1. The van der Waals surface area contributed by atoms with Gasteiger partial charge >= 0.3 is 0 Å². The van der Waals surface area contributed by atoms with E-state index in [1.807, 2.05) is 18.2 Å². The highest BCUT2D eigenvalue weighted by molar-refractivity contribution is 5.67. The van der Waals surface area contributed by atoms with Gasteiger partial charge in [-0.15, -0.1) is 0 Å². The van der Waals surface area contributed by atoms with Gasteiger partial charge in [0.15, 0.2) is 0 Å². The molecule has 2 aliphatic rings. The highest BCUT2D eigenvalue weighted by Crippen LogP contribution is 2.46. The number of hydrogen-bond donors (Lipinski definition) is 1. The summed E-state index contributed by atoms with van der Waals surface area (Å²) in [5.74, 6) is 2.38. The molecule has 0 atom stereocenters. The van der Waals surface area contributed by atoms with Crippen molar-refractivity contribution < 1.29 is 4.74 Å². The average molecular weight is 242 g/mol. The van der Waals surface area contributed by atoms with Crippen molar-refractivity contribution in [2.45, 2.75) is 31.7 Å². The Kier molecular flexibility index (Phi) is 2.87. The summed E-state index contributed by atoms with van der Waals surface area (Å²) in [6, 6.07) is 8.42. The first kappa shape index (κ1) is 11.4. The fourth-order valence-corrected chi connectivity index (χ4v) is 2.64. The van der Waals surface area contributed by atoms with Crippen LogP contribution in [0.25, 0.3) is 0 Å². The van der Waals surface area contributed by atoms with Crippen LogP contribution in [0.2, 0.25) is 0 Å². The van der Waals surface area contributed by atoms with Gasteiger partial charge in [-0.3, -0.25) is 0 Å². The van der Waals surface area contributed by atoms with E-state index in [0.29, 0.717) is 11.6 Å². The van der Waals surface area contributed by atoms with Gasteiger partial charge in [-0.2, -0.15) is 5.26 Å². The second-order valence-corrected chi connectivity index (χ2v) is 5.34. The molecule has 0 spiro atoms. The number of rotatable bonds is 5. The Morgan fingerprint density at radius 3 is 2.44 bits per heavy atom. The zero-order valence-electron chi connectivity index (χ0n) is 10.6. The molecule has 1 aromatic carbocycles. The molecule has 0 aliphatic heterocycles. The maximum Gasteiger partial charge on any atom is 0.143 e. The molecule has 0 bridgehead atoms.